The maximum absolute atomic E-state index is 6.34. The van der Waals surface area contributed by atoms with Gasteiger partial charge in [0.25, 0.3) is 0 Å². The lowest BCUT2D eigenvalue weighted by atomic mass is 9.94. The van der Waals surface area contributed by atoms with E-state index in [1.807, 2.05) is 0 Å². The predicted octanol–water partition coefficient (Wildman–Crippen LogP) is 2.28. The van der Waals surface area contributed by atoms with Crippen LogP contribution in [0.15, 0.2) is 0 Å². The molecule has 1 aliphatic carbocycles. The van der Waals surface area contributed by atoms with Crippen LogP contribution in [0.3, 0.4) is 0 Å². The quantitative estimate of drug-likeness (QED) is 0.866. The van der Waals surface area contributed by atoms with Crippen molar-refractivity contribution in [2.75, 3.05) is 26.2 Å². The molecule has 0 aromatic rings. The van der Waals surface area contributed by atoms with E-state index in [-0.39, 0.29) is 5.79 Å². The molecule has 0 aromatic carbocycles. The maximum atomic E-state index is 6.34. The van der Waals surface area contributed by atoms with Crippen molar-refractivity contribution in [1.82, 2.24) is 10.2 Å². The van der Waals surface area contributed by atoms with E-state index in [1.54, 1.807) is 0 Å². The molecule has 0 bridgehead atoms. The number of hydrogen-bond acceptors (Lipinski definition) is 4. The fraction of sp³-hybridized carbons (Fsp3) is 1.00. The van der Waals surface area contributed by atoms with Crippen LogP contribution < -0.4 is 5.32 Å². The average molecular weight is 294 g/mol. The smallest absolute Gasteiger partial charge is 0.168 e. The molecule has 0 aromatic heterocycles. The van der Waals surface area contributed by atoms with Gasteiger partial charge in [-0.1, -0.05) is 6.42 Å². The largest absolute Gasteiger partial charge is 0.347 e. The minimum absolute atomic E-state index is 0.193. The number of hydrogen-bond donors (Lipinski definition) is 1. The molecular weight excluding hydrogens is 264 g/mol. The van der Waals surface area contributed by atoms with Crippen LogP contribution >= 0.6 is 0 Å². The third-order valence-electron chi connectivity index (χ3n) is 5.94. The summed E-state index contributed by atoms with van der Waals surface area (Å²) in [6.07, 6.45) is 11.9. The van der Waals surface area contributed by atoms with Crippen LogP contribution in [0.1, 0.15) is 57.8 Å². The summed E-state index contributed by atoms with van der Waals surface area (Å²) in [5, 5.41) is 3.72. The summed E-state index contributed by atoms with van der Waals surface area (Å²) in [6.45, 7) is 4.34. The molecule has 4 rings (SSSR count). The van der Waals surface area contributed by atoms with E-state index in [9.17, 15) is 0 Å². The Kier molecular flexibility index (Phi) is 4.23. The van der Waals surface area contributed by atoms with Crippen molar-refractivity contribution in [2.24, 2.45) is 0 Å². The highest BCUT2D eigenvalue weighted by Gasteiger charge is 2.44. The van der Waals surface area contributed by atoms with Crippen LogP contribution in [0.25, 0.3) is 0 Å². The van der Waals surface area contributed by atoms with Crippen molar-refractivity contribution < 1.29 is 9.47 Å². The van der Waals surface area contributed by atoms with E-state index < -0.39 is 0 Å². The molecule has 4 fully saturated rings. The molecule has 4 aliphatic rings. The second-order valence-electron chi connectivity index (χ2n) is 7.43. The summed E-state index contributed by atoms with van der Waals surface area (Å²) in [5.41, 5.74) is 0. The van der Waals surface area contributed by atoms with Crippen molar-refractivity contribution in [2.45, 2.75) is 81.8 Å². The first kappa shape index (κ1) is 14.4. The van der Waals surface area contributed by atoms with Crippen LogP contribution in [-0.2, 0) is 9.47 Å². The summed E-state index contributed by atoms with van der Waals surface area (Å²) < 4.78 is 12.4. The summed E-state index contributed by atoms with van der Waals surface area (Å²) in [4.78, 5) is 2.70. The number of rotatable bonds is 3. The highest BCUT2D eigenvalue weighted by Crippen LogP contribution is 2.39. The molecule has 1 N–H and O–H groups in total. The Balaban J connectivity index is 1.36. The number of ether oxygens (including phenoxy) is 2. The second kappa shape index (κ2) is 6.15. The molecule has 1 spiro atoms. The van der Waals surface area contributed by atoms with Crippen LogP contribution in [0.5, 0.6) is 0 Å². The lowest BCUT2D eigenvalue weighted by Gasteiger charge is -2.40. The molecule has 0 amide bonds. The van der Waals surface area contributed by atoms with Crippen molar-refractivity contribution >= 4 is 0 Å². The maximum Gasteiger partial charge on any atom is 0.168 e. The van der Waals surface area contributed by atoms with Gasteiger partial charge in [-0.15, -0.1) is 0 Å². The first-order valence-electron chi connectivity index (χ1n) is 9.14. The predicted molar refractivity (Wildman–Crippen MR) is 82.3 cm³/mol. The Morgan fingerprint density at radius 1 is 1.05 bits per heavy atom. The molecule has 1 saturated carbocycles. The van der Waals surface area contributed by atoms with Crippen LogP contribution in [0.2, 0.25) is 0 Å². The van der Waals surface area contributed by atoms with Crippen molar-refractivity contribution in [3.8, 4) is 0 Å². The minimum atomic E-state index is -0.193. The van der Waals surface area contributed by atoms with E-state index in [4.69, 9.17) is 9.47 Å². The standard InChI is InChI=1S/C17H30N2O2/c1-4-11-19(16(7-1)15-6-5-10-18-15)12-14-13-20-17(21-14)8-2-3-9-17/h14-16,18H,1-13H2. The normalized spacial score (nSPS) is 40.3. The fourth-order valence-corrected chi connectivity index (χ4v) is 4.88. The molecule has 120 valence electrons. The molecular formula is C17H30N2O2. The van der Waals surface area contributed by atoms with Crippen LogP contribution in [0.4, 0.5) is 0 Å². The van der Waals surface area contributed by atoms with Crippen LogP contribution in [-0.4, -0.2) is 55.1 Å². The zero-order chi connectivity index (χ0) is 14.1. The summed E-state index contributed by atoms with van der Waals surface area (Å²) in [7, 11) is 0. The summed E-state index contributed by atoms with van der Waals surface area (Å²) in [6, 6.07) is 1.44. The van der Waals surface area contributed by atoms with Crippen molar-refractivity contribution in [3.63, 3.8) is 0 Å². The molecule has 4 nitrogen and oxygen atoms in total. The summed E-state index contributed by atoms with van der Waals surface area (Å²) >= 11 is 0. The third-order valence-corrected chi connectivity index (χ3v) is 5.94. The highest BCUT2D eigenvalue weighted by atomic mass is 16.7. The zero-order valence-electron chi connectivity index (χ0n) is 13.2. The third kappa shape index (κ3) is 3.00. The van der Waals surface area contributed by atoms with Gasteiger partial charge in [-0.25, -0.2) is 0 Å². The first-order chi connectivity index (χ1) is 10.3. The van der Waals surface area contributed by atoms with Gasteiger partial charge in [0.05, 0.1) is 12.7 Å². The van der Waals surface area contributed by atoms with Gasteiger partial charge in [0, 0.05) is 31.5 Å². The number of nitrogens with zero attached hydrogens (tertiary/aromatic N) is 1. The molecule has 3 saturated heterocycles. The van der Waals surface area contributed by atoms with Gasteiger partial charge >= 0.3 is 0 Å². The molecule has 0 radical (unpaired) electrons. The first-order valence-corrected chi connectivity index (χ1v) is 9.14. The van der Waals surface area contributed by atoms with Gasteiger partial charge in [0.15, 0.2) is 5.79 Å². The van der Waals surface area contributed by atoms with Crippen LogP contribution in [0, 0.1) is 0 Å². The summed E-state index contributed by atoms with van der Waals surface area (Å²) in [5.74, 6) is -0.193. The SMILES string of the molecule is C1CNC(C2CCCCN2CC2COC3(CCCC3)O2)C1. The van der Waals surface area contributed by atoms with E-state index in [1.165, 1.54) is 58.0 Å². The van der Waals surface area contributed by atoms with Gasteiger partial charge in [-0.05, 0) is 51.6 Å². The second-order valence-corrected chi connectivity index (χ2v) is 7.43. The van der Waals surface area contributed by atoms with E-state index in [0.717, 1.165) is 32.0 Å². The number of likely N-dealkylation sites (tertiary alicyclic amines) is 1. The van der Waals surface area contributed by atoms with Crippen molar-refractivity contribution in [1.29, 1.82) is 0 Å². The Morgan fingerprint density at radius 2 is 1.95 bits per heavy atom. The molecule has 3 atom stereocenters. The Morgan fingerprint density at radius 3 is 2.76 bits per heavy atom. The molecule has 21 heavy (non-hydrogen) atoms. The van der Waals surface area contributed by atoms with Gasteiger partial charge in [0.1, 0.15) is 0 Å². The Labute approximate surface area is 128 Å². The van der Waals surface area contributed by atoms with Gasteiger partial charge < -0.3 is 14.8 Å². The highest BCUT2D eigenvalue weighted by molar-refractivity contribution is 4.93. The van der Waals surface area contributed by atoms with Gasteiger partial charge in [-0.2, -0.15) is 0 Å². The lowest BCUT2D eigenvalue weighted by Crippen LogP contribution is -2.52. The number of piperidine rings is 1. The minimum Gasteiger partial charge on any atom is -0.347 e. The Bertz CT molecular complexity index is 351. The lowest BCUT2D eigenvalue weighted by molar-refractivity contribution is -0.164. The zero-order valence-corrected chi connectivity index (χ0v) is 13.2. The topological polar surface area (TPSA) is 33.7 Å². The molecule has 3 aliphatic heterocycles. The van der Waals surface area contributed by atoms with E-state index >= 15 is 0 Å². The van der Waals surface area contributed by atoms with Crippen molar-refractivity contribution in [3.05, 3.63) is 0 Å². The number of nitrogens with one attached hydrogen (secondary N) is 1. The molecule has 3 heterocycles. The fourth-order valence-electron chi connectivity index (χ4n) is 4.88. The van der Waals surface area contributed by atoms with E-state index in [2.05, 4.69) is 10.2 Å². The monoisotopic (exact) mass is 294 g/mol. The average Bonchev–Trinajstić information content (AvgIpc) is 3.24. The van der Waals surface area contributed by atoms with Gasteiger partial charge in [-0.3, -0.25) is 4.90 Å². The van der Waals surface area contributed by atoms with E-state index in [0.29, 0.717) is 12.1 Å². The Hall–Kier alpha value is -0.160. The van der Waals surface area contributed by atoms with Gasteiger partial charge in [0.2, 0.25) is 0 Å². The molecule has 3 unspecified atom stereocenters. The molecule has 4 heteroatoms.